The predicted octanol–water partition coefficient (Wildman–Crippen LogP) is -0.670. The van der Waals surface area contributed by atoms with Gasteiger partial charge in [0.05, 0.1) is 6.26 Å². The van der Waals surface area contributed by atoms with Gasteiger partial charge in [-0.2, -0.15) is 0 Å². The van der Waals surface area contributed by atoms with Crippen LogP contribution in [-0.2, 0) is 9.53 Å². The first-order valence-corrected chi connectivity index (χ1v) is 6.38. The maximum Gasteiger partial charge on any atom is 1.00 e. The van der Waals surface area contributed by atoms with Crippen LogP contribution in [0.25, 0.3) is 0 Å². The summed E-state index contributed by atoms with van der Waals surface area (Å²) >= 11 is 0. The normalized spacial score (nSPS) is 18.4. The van der Waals surface area contributed by atoms with Gasteiger partial charge in [0.15, 0.2) is 0 Å². The van der Waals surface area contributed by atoms with E-state index in [-0.39, 0.29) is 42.1 Å². The van der Waals surface area contributed by atoms with Crippen LogP contribution in [0.3, 0.4) is 0 Å². The molecule has 0 radical (unpaired) electrons. The van der Waals surface area contributed by atoms with Crippen molar-refractivity contribution < 1.29 is 44.2 Å². The molecule has 0 aromatic carbocycles. The Bertz CT molecular complexity index is 287. The van der Waals surface area contributed by atoms with Gasteiger partial charge in [-0.05, 0) is 51.0 Å². The van der Waals surface area contributed by atoms with Crippen molar-refractivity contribution in [2.75, 3.05) is 0 Å². The Morgan fingerprint density at radius 2 is 2.28 bits per heavy atom. The Labute approximate surface area is 132 Å². The number of carboxylic acids is 1. The molecular formula is C14H21NaO3. The van der Waals surface area contributed by atoms with Crippen molar-refractivity contribution in [3.63, 3.8) is 0 Å². The van der Waals surface area contributed by atoms with Crippen LogP contribution < -0.4 is 34.7 Å². The summed E-state index contributed by atoms with van der Waals surface area (Å²) in [6, 6.07) is 0. The van der Waals surface area contributed by atoms with Crippen LogP contribution in [-0.4, -0.2) is 12.1 Å². The van der Waals surface area contributed by atoms with E-state index in [2.05, 4.69) is 12.7 Å². The molecule has 1 unspecified atom stereocenters. The number of aliphatic carboxylic acids is 1. The number of allylic oxidation sites excluding steroid dienone is 1. The monoisotopic (exact) mass is 260 g/mol. The molecule has 1 aliphatic carbocycles. The number of carbonyl (C=O) groups is 1. The molecule has 0 fully saturated rings. The molecular weight excluding hydrogens is 239 g/mol. The van der Waals surface area contributed by atoms with Crippen molar-refractivity contribution in [3.8, 4) is 0 Å². The zero-order valence-corrected chi connectivity index (χ0v) is 13.3. The Balaban J connectivity index is 0.00000289. The van der Waals surface area contributed by atoms with E-state index in [1.165, 1.54) is 18.3 Å². The molecule has 0 aromatic rings. The van der Waals surface area contributed by atoms with Crippen molar-refractivity contribution >= 4 is 5.97 Å². The zero-order valence-electron chi connectivity index (χ0n) is 11.3. The van der Waals surface area contributed by atoms with Gasteiger partial charge in [-0.15, -0.1) is 0 Å². The minimum Gasteiger partial charge on any atom is -0.550 e. The average Bonchev–Trinajstić information content (AvgIpc) is 2.29. The minimum absolute atomic E-state index is 0. The molecule has 0 saturated heterocycles. The molecule has 96 valence electrons. The third-order valence-electron chi connectivity index (χ3n) is 3.06. The molecule has 0 N–H and O–H groups in total. The second kappa shape index (κ2) is 10.7. The van der Waals surface area contributed by atoms with Gasteiger partial charge in [0, 0.05) is 5.97 Å². The largest absolute Gasteiger partial charge is 1.00 e. The van der Waals surface area contributed by atoms with Gasteiger partial charge < -0.3 is 14.6 Å². The molecule has 0 aromatic heterocycles. The summed E-state index contributed by atoms with van der Waals surface area (Å²) < 4.78 is 5.37. The van der Waals surface area contributed by atoms with E-state index < -0.39 is 5.97 Å². The molecule has 1 rings (SSSR count). The molecule has 4 heteroatoms. The van der Waals surface area contributed by atoms with Crippen molar-refractivity contribution in [2.24, 2.45) is 0 Å². The molecule has 1 aliphatic rings. The molecule has 0 amide bonds. The van der Waals surface area contributed by atoms with Crippen LogP contribution in [0.1, 0.15) is 51.4 Å². The van der Waals surface area contributed by atoms with Crippen LogP contribution in [0.4, 0.5) is 0 Å². The Morgan fingerprint density at radius 3 is 2.94 bits per heavy atom. The third kappa shape index (κ3) is 7.96. The van der Waals surface area contributed by atoms with Gasteiger partial charge in [0.25, 0.3) is 0 Å². The molecule has 0 heterocycles. The number of carbonyl (C=O) groups excluding carboxylic acids is 1. The standard InChI is InChI=1S/C14H22O3.Na/c1-2-17-13-9-6-8-12(11-13)7-4-3-5-10-14(15)16;/h2,11,13H,1,3-10H2,(H,15,16);/q;+1/p-1. The van der Waals surface area contributed by atoms with Crippen LogP contribution in [0.5, 0.6) is 0 Å². The first kappa shape index (κ1) is 17.8. The number of ether oxygens (including phenoxy) is 1. The second-order valence-electron chi connectivity index (χ2n) is 4.49. The molecule has 1 atom stereocenters. The van der Waals surface area contributed by atoms with Gasteiger partial charge in [0.2, 0.25) is 0 Å². The van der Waals surface area contributed by atoms with E-state index in [1.807, 2.05) is 0 Å². The Hall–Kier alpha value is -0.250. The van der Waals surface area contributed by atoms with Crippen LogP contribution in [0, 0.1) is 0 Å². The van der Waals surface area contributed by atoms with Crippen molar-refractivity contribution in [2.45, 2.75) is 57.5 Å². The molecule has 0 aliphatic heterocycles. The second-order valence-corrected chi connectivity index (χ2v) is 4.49. The fourth-order valence-corrected chi connectivity index (χ4v) is 2.20. The van der Waals surface area contributed by atoms with E-state index in [4.69, 9.17) is 4.74 Å². The number of rotatable bonds is 8. The number of carboxylic acid groups (broad SMARTS) is 1. The first-order chi connectivity index (χ1) is 8.22. The predicted molar refractivity (Wildman–Crippen MR) is 65.1 cm³/mol. The van der Waals surface area contributed by atoms with Gasteiger partial charge in [-0.1, -0.05) is 18.6 Å². The van der Waals surface area contributed by atoms with Crippen molar-refractivity contribution in [3.05, 3.63) is 24.5 Å². The average molecular weight is 260 g/mol. The quantitative estimate of drug-likeness (QED) is 0.252. The number of unbranched alkanes of at least 4 members (excludes halogenated alkanes) is 2. The summed E-state index contributed by atoms with van der Waals surface area (Å²) in [4.78, 5) is 10.2. The maximum atomic E-state index is 10.2. The van der Waals surface area contributed by atoms with Crippen molar-refractivity contribution in [1.29, 1.82) is 0 Å². The van der Waals surface area contributed by atoms with Crippen LogP contribution in [0.2, 0.25) is 0 Å². The molecule has 0 saturated carbocycles. The summed E-state index contributed by atoms with van der Waals surface area (Å²) in [5.41, 5.74) is 1.44. The molecule has 18 heavy (non-hydrogen) atoms. The Morgan fingerprint density at radius 1 is 1.50 bits per heavy atom. The fourth-order valence-electron chi connectivity index (χ4n) is 2.20. The smallest absolute Gasteiger partial charge is 0.550 e. The topological polar surface area (TPSA) is 49.4 Å². The fraction of sp³-hybridized carbons (Fsp3) is 0.643. The summed E-state index contributed by atoms with van der Waals surface area (Å²) in [7, 11) is 0. The molecule has 0 bridgehead atoms. The van der Waals surface area contributed by atoms with Crippen molar-refractivity contribution in [1.82, 2.24) is 0 Å². The molecule has 0 spiro atoms. The van der Waals surface area contributed by atoms with E-state index in [0.717, 1.165) is 38.5 Å². The van der Waals surface area contributed by atoms with Gasteiger partial charge in [-0.3, -0.25) is 0 Å². The van der Waals surface area contributed by atoms with Crippen LogP contribution >= 0.6 is 0 Å². The van der Waals surface area contributed by atoms with E-state index in [0.29, 0.717) is 0 Å². The first-order valence-electron chi connectivity index (χ1n) is 6.38. The van der Waals surface area contributed by atoms with E-state index in [9.17, 15) is 9.90 Å². The zero-order chi connectivity index (χ0) is 12.5. The number of hydrogen-bond donors (Lipinski definition) is 0. The SMILES string of the molecule is C=COC1C=C(CCCCCC(=O)[O-])CCC1.[Na+]. The number of hydrogen-bond acceptors (Lipinski definition) is 3. The summed E-state index contributed by atoms with van der Waals surface area (Å²) in [6.45, 7) is 3.57. The minimum atomic E-state index is -0.943. The van der Waals surface area contributed by atoms with Crippen LogP contribution in [0.15, 0.2) is 24.5 Å². The summed E-state index contributed by atoms with van der Waals surface area (Å²) in [5, 5.41) is 10.2. The van der Waals surface area contributed by atoms with E-state index >= 15 is 0 Å². The summed E-state index contributed by atoms with van der Waals surface area (Å²) in [6.07, 6.45) is 11.3. The molecule has 3 nitrogen and oxygen atoms in total. The van der Waals surface area contributed by atoms with E-state index in [1.54, 1.807) is 0 Å². The van der Waals surface area contributed by atoms with Gasteiger partial charge in [0.1, 0.15) is 6.10 Å². The Kier molecular flexibility index (Phi) is 10.5. The van der Waals surface area contributed by atoms with Gasteiger partial charge in [-0.25, -0.2) is 0 Å². The summed E-state index contributed by atoms with van der Waals surface area (Å²) in [5.74, 6) is -0.943. The third-order valence-corrected chi connectivity index (χ3v) is 3.06. The maximum absolute atomic E-state index is 10.2. The van der Waals surface area contributed by atoms with Gasteiger partial charge >= 0.3 is 29.6 Å².